The Balaban J connectivity index is 1.69. The van der Waals surface area contributed by atoms with Gasteiger partial charge in [-0.1, -0.05) is 12.1 Å². The van der Waals surface area contributed by atoms with Crippen LogP contribution in [0.1, 0.15) is 25.3 Å². The van der Waals surface area contributed by atoms with Gasteiger partial charge >= 0.3 is 6.18 Å². The van der Waals surface area contributed by atoms with Gasteiger partial charge < -0.3 is 24.8 Å². The Morgan fingerprint density at radius 1 is 1.25 bits per heavy atom. The molecule has 1 saturated heterocycles. The summed E-state index contributed by atoms with van der Waals surface area (Å²) in [5.74, 6) is 0.422. The molecule has 28 heavy (non-hydrogen) atoms. The van der Waals surface area contributed by atoms with Crippen molar-refractivity contribution in [2.24, 2.45) is 4.99 Å². The fourth-order valence-corrected chi connectivity index (χ4v) is 2.65. The van der Waals surface area contributed by atoms with Crippen molar-refractivity contribution in [2.75, 3.05) is 46.1 Å². The number of nitrogens with one attached hydrogen (secondary N) is 2. The van der Waals surface area contributed by atoms with Crippen molar-refractivity contribution in [2.45, 2.75) is 32.0 Å². The van der Waals surface area contributed by atoms with E-state index in [1.165, 1.54) is 18.2 Å². The van der Waals surface area contributed by atoms with E-state index in [2.05, 4.69) is 15.6 Å². The minimum Gasteiger partial charge on any atom is -0.491 e. The summed E-state index contributed by atoms with van der Waals surface area (Å²) in [5, 5.41) is 6.14. The van der Waals surface area contributed by atoms with Crippen molar-refractivity contribution in [3.05, 3.63) is 29.8 Å². The van der Waals surface area contributed by atoms with Crippen LogP contribution < -0.4 is 15.4 Å². The van der Waals surface area contributed by atoms with Gasteiger partial charge in [-0.05, 0) is 31.9 Å². The predicted octanol–water partition coefficient (Wildman–Crippen LogP) is 2.83. The summed E-state index contributed by atoms with van der Waals surface area (Å²) in [6, 6.07) is 5.18. The lowest BCUT2D eigenvalue weighted by molar-refractivity contribution is -0.138. The summed E-state index contributed by atoms with van der Waals surface area (Å²) in [6.07, 6.45) is -2.53. The van der Waals surface area contributed by atoms with Gasteiger partial charge in [0.1, 0.15) is 12.4 Å². The Bertz CT molecular complexity index is 606. The van der Waals surface area contributed by atoms with Crippen LogP contribution in [0.4, 0.5) is 13.2 Å². The molecule has 0 saturated carbocycles. The van der Waals surface area contributed by atoms with Crippen LogP contribution in [0.3, 0.4) is 0 Å². The second-order valence-electron chi connectivity index (χ2n) is 6.24. The molecule has 1 aliphatic rings. The van der Waals surface area contributed by atoms with Crippen LogP contribution in [0.5, 0.6) is 5.75 Å². The van der Waals surface area contributed by atoms with Crippen LogP contribution in [0.15, 0.2) is 29.3 Å². The SMILES string of the molecule is CCNC(=NCCCOC1CCOC1)NCCOc1ccccc1C(F)(F)F. The number of para-hydroxylation sites is 1. The maximum Gasteiger partial charge on any atom is 0.419 e. The van der Waals surface area contributed by atoms with Gasteiger partial charge in [0.05, 0.1) is 24.8 Å². The maximum atomic E-state index is 12.9. The minimum atomic E-state index is -4.44. The number of benzene rings is 1. The average Bonchev–Trinajstić information content (AvgIpc) is 3.18. The molecule has 1 heterocycles. The molecule has 9 heteroatoms. The van der Waals surface area contributed by atoms with Crippen LogP contribution in [-0.4, -0.2) is 58.1 Å². The van der Waals surface area contributed by atoms with E-state index in [9.17, 15) is 13.2 Å². The number of alkyl halides is 3. The molecule has 0 radical (unpaired) electrons. The van der Waals surface area contributed by atoms with Crippen LogP contribution in [0.25, 0.3) is 0 Å². The minimum absolute atomic E-state index is 0.0856. The Labute approximate surface area is 163 Å². The van der Waals surface area contributed by atoms with Gasteiger partial charge in [0.15, 0.2) is 5.96 Å². The smallest absolute Gasteiger partial charge is 0.419 e. The maximum absolute atomic E-state index is 12.9. The third-order valence-corrected chi connectivity index (χ3v) is 4.00. The van der Waals surface area contributed by atoms with Crippen molar-refractivity contribution in [3.8, 4) is 5.75 Å². The van der Waals surface area contributed by atoms with Gasteiger partial charge in [0.2, 0.25) is 0 Å². The van der Waals surface area contributed by atoms with Crippen LogP contribution in [0, 0.1) is 0 Å². The normalized spacial score (nSPS) is 17.6. The van der Waals surface area contributed by atoms with Gasteiger partial charge in [-0.2, -0.15) is 13.2 Å². The molecule has 1 aromatic carbocycles. The highest BCUT2D eigenvalue weighted by atomic mass is 19.4. The molecule has 6 nitrogen and oxygen atoms in total. The Hall–Kier alpha value is -2.00. The zero-order valence-electron chi connectivity index (χ0n) is 16.1. The lowest BCUT2D eigenvalue weighted by Crippen LogP contribution is -2.39. The van der Waals surface area contributed by atoms with E-state index in [1.54, 1.807) is 0 Å². The second kappa shape index (κ2) is 11.8. The van der Waals surface area contributed by atoms with E-state index in [0.717, 1.165) is 25.5 Å². The average molecular weight is 403 g/mol. The molecule has 2 rings (SSSR count). The summed E-state index contributed by atoms with van der Waals surface area (Å²) >= 11 is 0. The molecule has 0 amide bonds. The second-order valence-corrected chi connectivity index (χ2v) is 6.24. The highest BCUT2D eigenvalue weighted by molar-refractivity contribution is 5.79. The van der Waals surface area contributed by atoms with E-state index in [0.29, 0.717) is 38.8 Å². The lowest BCUT2D eigenvalue weighted by Gasteiger charge is -2.15. The Morgan fingerprint density at radius 3 is 2.79 bits per heavy atom. The first kappa shape index (κ1) is 22.3. The fraction of sp³-hybridized carbons (Fsp3) is 0.632. The molecular formula is C19H28F3N3O3. The molecule has 1 fully saturated rings. The summed E-state index contributed by atoms with van der Waals surface area (Å²) in [4.78, 5) is 4.43. The number of nitrogens with zero attached hydrogens (tertiary/aromatic N) is 1. The number of hydrogen-bond donors (Lipinski definition) is 2. The quantitative estimate of drug-likeness (QED) is 0.357. The number of hydrogen-bond acceptors (Lipinski definition) is 4. The number of aliphatic imine (C=N–C) groups is 1. The van der Waals surface area contributed by atoms with Crippen molar-refractivity contribution in [1.29, 1.82) is 0 Å². The first-order valence-corrected chi connectivity index (χ1v) is 9.51. The van der Waals surface area contributed by atoms with Crippen LogP contribution in [0.2, 0.25) is 0 Å². The number of ether oxygens (including phenoxy) is 3. The zero-order valence-corrected chi connectivity index (χ0v) is 16.1. The molecular weight excluding hydrogens is 375 g/mol. The molecule has 0 bridgehead atoms. The van der Waals surface area contributed by atoms with Crippen molar-refractivity contribution >= 4 is 5.96 Å². The molecule has 1 unspecified atom stereocenters. The van der Waals surface area contributed by atoms with Crippen molar-refractivity contribution in [1.82, 2.24) is 10.6 Å². The molecule has 1 aliphatic heterocycles. The van der Waals surface area contributed by atoms with E-state index in [-0.39, 0.29) is 18.5 Å². The largest absolute Gasteiger partial charge is 0.491 e. The van der Waals surface area contributed by atoms with Crippen LogP contribution >= 0.6 is 0 Å². The highest BCUT2D eigenvalue weighted by Gasteiger charge is 2.33. The number of halogens is 3. The van der Waals surface area contributed by atoms with Crippen LogP contribution in [-0.2, 0) is 15.7 Å². The molecule has 2 N–H and O–H groups in total. The number of guanidine groups is 1. The Kier molecular flexibility index (Phi) is 9.36. The molecule has 0 spiro atoms. The first-order valence-electron chi connectivity index (χ1n) is 9.51. The summed E-state index contributed by atoms with van der Waals surface area (Å²) in [6.45, 7) is 5.65. The molecule has 158 valence electrons. The van der Waals surface area contributed by atoms with Gasteiger partial charge in [-0.3, -0.25) is 4.99 Å². The van der Waals surface area contributed by atoms with Crippen molar-refractivity contribution in [3.63, 3.8) is 0 Å². The Morgan fingerprint density at radius 2 is 2.07 bits per heavy atom. The number of rotatable bonds is 10. The van der Waals surface area contributed by atoms with Gasteiger partial charge in [-0.15, -0.1) is 0 Å². The van der Waals surface area contributed by atoms with Gasteiger partial charge in [0, 0.05) is 26.3 Å². The molecule has 0 aromatic heterocycles. The standard InChI is InChI=1S/C19H28F3N3O3/c1-2-23-18(24-9-5-11-27-15-8-12-26-14-15)25-10-13-28-17-7-4-3-6-16(17)19(20,21)22/h3-4,6-7,15H,2,5,8-14H2,1H3,(H2,23,24,25). The molecule has 1 atom stereocenters. The van der Waals surface area contributed by atoms with E-state index in [4.69, 9.17) is 14.2 Å². The third-order valence-electron chi connectivity index (χ3n) is 4.00. The van der Waals surface area contributed by atoms with E-state index in [1.807, 2.05) is 6.92 Å². The van der Waals surface area contributed by atoms with Gasteiger partial charge in [0.25, 0.3) is 0 Å². The van der Waals surface area contributed by atoms with E-state index < -0.39 is 11.7 Å². The summed E-state index contributed by atoms with van der Waals surface area (Å²) < 4.78 is 55.1. The van der Waals surface area contributed by atoms with E-state index >= 15 is 0 Å². The summed E-state index contributed by atoms with van der Waals surface area (Å²) in [5.41, 5.74) is -0.775. The lowest BCUT2D eigenvalue weighted by atomic mass is 10.2. The predicted molar refractivity (Wildman–Crippen MR) is 101 cm³/mol. The fourth-order valence-electron chi connectivity index (χ4n) is 2.65. The zero-order chi connectivity index (χ0) is 20.2. The first-order chi connectivity index (χ1) is 13.5. The summed E-state index contributed by atoms with van der Waals surface area (Å²) in [7, 11) is 0. The third kappa shape index (κ3) is 7.93. The molecule has 0 aliphatic carbocycles. The topological polar surface area (TPSA) is 64.1 Å². The molecule has 1 aromatic rings. The monoisotopic (exact) mass is 403 g/mol. The van der Waals surface area contributed by atoms with Gasteiger partial charge in [-0.25, -0.2) is 0 Å². The highest BCUT2D eigenvalue weighted by Crippen LogP contribution is 2.35. The van der Waals surface area contributed by atoms with Crippen molar-refractivity contribution < 1.29 is 27.4 Å².